The van der Waals surface area contributed by atoms with Crippen LogP contribution >= 0.6 is 0 Å². The Morgan fingerprint density at radius 2 is 2.26 bits per heavy atom. The minimum atomic E-state index is -0.0435. The third-order valence-corrected chi connectivity index (χ3v) is 4.06. The first-order valence-corrected chi connectivity index (χ1v) is 7.42. The average molecular weight is 263 g/mol. The molecule has 106 valence electrons. The fourth-order valence-corrected chi connectivity index (χ4v) is 3.01. The minimum absolute atomic E-state index is 0.0435. The number of rotatable bonds is 5. The molecule has 1 saturated heterocycles. The van der Waals surface area contributed by atoms with Crippen LogP contribution in [0.1, 0.15) is 33.1 Å². The van der Waals surface area contributed by atoms with Gasteiger partial charge in [0.2, 0.25) is 0 Å². The van der Waals surface area contributed by atoms with Gasteiger partial charge in [-0.3, -0.25) is 9.69 Å². The van der Waals surface area contributed by atoms with Gasteiger partial charge in [0, 0.05) is 26.1 Å². The first kappa shape index (κ1) is 14.3. The number of carbonyl (C=O) groups excluding carboxylic acids is 1. The summed E-state index contributed by atoms with van der Waals surface area (Å²) in [5, 5.41) is 0. The summed E-state index contributed by atoms with van der Waals surface area (Å²) < 4.78 is 5.06. The highest BCUT2D eigenvalue weighted by Crippen LogP contribution is 2.27. The molecule has 0 saturated carbocycles. The highest BCUT2D eigenvalue weighted by atomic mass is 16.5. The van der Waals surface area contributed by atoms with E-state index in [1.807, 2.05) is 6.92 Å². The standard InChI is InChI=1S/C16H25NO2/c1-3-19-16(18)9-15-12-17(10-13(15)2)11-14-7-5-4-6-8-14/h5,7-8,13,15H,3-4,6,9-12H2,1-2H3. The Hall–Kier alpha value is -1.09. The SMILES string of the molecule is CCOC(=O)CC1CN(CC2=CCCC=C2)CC1C. The van der Waals surface area contributed by atoms with Crippen LogP contribution in [0.2, 0.25) is 0 Å². The third kappa shape index (κ3) is 4.20. The molecule has 0 radical (unpaired) electrons. The molecule has 1 aliphatic carbocycles. The van der Waals surface area contributed by atoms with Gasteiger partial charge in [0.05, 0.1) is 6.61 Å². The van der Waals surface area contributed by atoms with Crippen LogP contribution in [0, 0.1) is 11.8 Å². The van der Waals surface area contributed by atoms with Crippen molar-refractivity contribution in [3.8, 4) is 0 Å². The lowest BCUT2D eigenvalue weighted by molar-refractivity contribution is -0.144. The fourth-order valence-electron chi connectivity index (χ4n) is 3.01. The lowest BCUT2D eigenvalue weighted by atomic mass is 9.95. The van der Waals surface area contributed by atoms with E-state index >= 15 is 0 Å². The molecule has 2 unspecified atom stereocenters. The first-order chi connectivity index (χ1) is 9.19. The molecular weight excluding hydrogens is 238 g/mol. The van der Waals surface area contributed by atoms with Crippen LogP contribution in [0.5, 0.6) is 0 Å². The Bertz CT molecular complexity index is 373. The first-order valence-electron chi connectivity index (χ1n) is 7.42. The predicted octanol–water partition coefficient (Wildman–Crippen LogP) is 2.78. The van der Waals surface area contributed by atoms with Gasteiger partial charge in [-0.05, 0) is 37.2 Å². The number of ether oxygens (including phenoxy) is 1. The molecule has 0 aromatic rings. The van der Waals surface area contributed by atoms with Crippen LogP contribution in [0.25, 0.3) is 0 Å². The number of esters is 1. The van der Waals surface area contributed by atoms with E-state index in [4.69, 9.17) is 4.74 Å². The molecule has 0 spiro atoms. The maximum absolute atomic E-state index is 11.6. The van der Waals surface area contributed by atoms with Crippen molar-refractivity contribution in [2.45, 2.75) is 33.1 Å². The van der Waals surface area contributed by atoms with Crippen molar-refractivity contribution in [3.05, 3.63) is 23.8 Å². The van der Waals surface area contributed by atoms with Gasteiger partial charge in [-0.25, -0.2) is 0 Å². The van der Waals surface area contributed by atoms with Crippen molar-refractivity contribution in [1.82, 2.24) is 4.90 Å². The summed E-state index contributed by atoms with van der Waals surface area (Å²) in [7, 11) is 0. The molecule has 3 heteroatoms. The number of hydrogen-bond acceptors (Lipinski definition) is 3. The summed E-state index contributed by atoms with van der Waals surface area (Å²) in [5.41, 5.74) is 1.43. The maximum Gasteiger partial charge on any atom is 0.306 e. The summed E-state index contributed by atoms with van der Waals surface area (Å²) in [6, 6.07) is 0. The molecule has 2 rings (SSSR count). The zero-order valence-electron chi connectivity index (χ0n) is 12.1. The van der Waals surface area contributed by atoms with Gasteiger partial charge < -0.3 is 4.74 Å². The van der Waals surface area contributed by atoms with Gasteiger partial charge in [0.1, 0.15) is 0 Å². The second kappa shape index (κ2) is 6.90. The molecular formula is C16H25NO2. The van der Waals surface area contributed by atoms with Crippen molar-refractivity contribution in [2.24, 2.45) is 11.8 Å². The lowest BCUT2D eigenvalue weighted by Crippen LogP contribution is -2.24. The van der Waals surface area contributed by atoms with E-state index in [1.54, 1.807) is 0 Å². The van der Waals surface area contributed by atoms with Crippen molar-refractivity contribution in [3.63, 3.8) is 0 Å². The van der Waals surface area contributed by atoms with E-state index in [9.17, 15) is 4.79 Å². The molecule has 0 N–H and O–H groups in total. The minimum Gasteiger partial charge on any atom is -0.466 e. The molecule has 1 heterocycles. The number of allylic oxidation sites excluding steroid dienone is 2. The molecule has 0 amide bonds. The smallest absolute Gasteiger partial charge is 0.306 e. The van der Waals surface area contributed by atoms with Gasteiger partial charge in [-0.15, -0.1) is 0 Å². The molecule has 2 atom stereocenters. The summed E-state index contributed by atoms with van der Waals surface area (Å²) >= 11 is 0. The molecule has 0 bridgehead atoms. The second-order valence-electron chi connectivity index (χ2n) is 5.70. The van der Waals surface area contributed by atoms with E-state index in [-0.39, 0.29) is 5.97 Å². The summed E-state index contributed by atoms with van der Waals surface area (Å²) in [6.07, 6.45) is 9.74. The predicted molar refractivity (Wildman–Crippen MR) is 76.8 cm³/mol. The Kier molecular flexibility index (Phi) is 5.20. The van der Waals surface area contributed by atoms with Gasteiger partial charge in [-0.2, -0.15) is 0 Å². The normalized spacial score (nSPS) is 27.4. The monoisotopic (exact) mass is 263 g/mol. The van der Waals surface area contributed by atoms with Crippen LogP contribution < -0.4 is 0 Å². The summed E-state index contributed by atoms with van der Waals surface area (Å²) in [5.74, 6) is 0.989. The van der Waals surface area contributed by atoms with Crippen molar-refractivity contribution in [2.75, 3.05) is 26.2 Å². The van der Waals surface area contributed by atoms with E-state index in [0.717, 1.165) is 19.6 Å². The molecule has 19 heavy (non-hydrogen) atoms. The summed E-state index contributed by atoms with van der Waals surface area (Å²) in [4.78, 5) is 14.0. The number of hydrogen-bond donors (Lipinski definition) is 0. The molecule has 2 aliphatic rings. The Balaban J connectivity index is 1.81. The second-order valence-corrected chi connectivity index (χ2v) is 5.70. The fraction of sp³-hybridized carbons (Fsp3) is 0.688. The third-order valence-electron chi connectivity index (χ3n) is 4.06. The zero-order valence-corrected chi connectivity index (χ0v) is 12.1. The number of carbonyl (C=O) groups is 1. The van der Waals surface area contributed by atoms with Gasteiger partial charge in [0.25, 0.3) is 0 Å². The van der Waals surface area contributed by atoms with Crippen LogP contribution in [-0.2, 0) is 9.53 Å². The molecule has 1 fully saturated rings. The van der Waals surface area contributed by atoms with Crippen LogP contribution in [0.3, 0.4) is 0 Å². The van der Waals surface area contributed by atoms with Crippen molar-refractivity contribution >= 4 is 5.97 Å². The van der Waals surface area contributed by atoms with E-state index in [2.05, 4.69) is 30.1 Å². The average Bonchev–Trinajstić information content (AvgIpc) is 2.71. The molecule has 3 nitrogen and oxygen atoms in total. The van der Waals surface area contributed by atoms with Gasteiger partial charge in [0.15, 0.2) is 0 Å². The summed E-state index contributed by atoms with van der Waals surface area (Å²) in [6.45, 7) is 7.74. The van der Waals surface area contributed by atoms with Gasteiger partial charge in [-0.1, -0.05) is 25.2 Å². The van der Waals surface area contributed by atoms with Crippen LogP contribution in [0.15, 0.2) is 23.8 Å². The molecule has 0 aromatic heterocycles. The van der Waals surface area contributed by atoms with Crippen LogP contribution in [-0.4, -0.2) is 37.1 Å². The Labute approximate surface area is 116 Å². The van der Waals surface area contributed by atoms with Crippen molar-refractivity contribution < 1.29 is 9.53 Å². The van der Waals surface area contributed by atoms with Crippen molar-refractivity contribution in [1.29, 1.82) is 0 Å². The molecule has 0 aromatic carbocycles. The highest BCUT2D eigenvalue weighted by molar-refractivity contribution is 5.69. The zero-order chi connectivity index (χ0) is 13.7. The van der Waals surface area contributed by atoms with Crippen LogP contribution in [0.4, 0.5) is 0 Å². The lowest BCUT2D eigenvalue weighted by Gasteiger charge is -2.17. The topological polar surface area (TPSA) is 29.5 Å². The Morgan fingerprint density at radius 1 is 1.42 bits per heavy atom. The van der Waals surface area contributed by atoms with E-state index < -0.39 is 0 Å². The van der Waals surface area contributed by atoms with Gasteiger partial charge >= 0.3 is 5.97 Å². The number of likely N-dealkylation sites (tertiary alicyclic amines) is 1. The Morgan fingerprint density at radius 3 is 2.95 bits per heavy atom. The van der Waals surface area contributed by atoms with E-state index in [1.165, 1.54) is 18.4 Å². The largest absolute Gasteiger partial charge is 0.466 e. The molecule has 1 aliphatic heterocycles. The number of nitrogens with zero attached hydrogens (tertiary/aromatic N) is 1. The highest BCUT2D eigenvalue weighted by Gasteiger charge is 2.31. The van der Waals surface area contributed by atoms with E-state index in [0.29, 0.717) is 24.9 Å². The maximum atomic E-state index is 11.6. The quantitative estimate of drug-likeness (QED) is 0.714.